The van der Waals surface area contributed by atoms with Gasteiger partial charge in [0.05, 0.1) is 12.2 Å². The fourth-order valence-corrected chi connectivity index (χ4v) is 1.54. The topological polar surface area (TPSA) is 66.5 Å². The Morgan fingerprint density at radius 2 is 1.85 bits per heavy atom. The third kappa shape index (κ3) is 4.60. The summed E-state index contributed by atoms with van der Waals surface area (Å²) in [5.41, 5.74) is 5.28. The van der Waals surface area contributed by atoms with E-state index < -0.39 is 12.2 Å². The zero-order valence-corrected chi connectivity index (χ0v) is 8.74. The van der Waals surface area contributed by atoms with Gasteiger partial charge in [0.25, 0.3) is 0 Å². The predicted octanol–water partition coefficient (Wildman–Crippen LogP) is 0.883. The number of nitrogens with two attached hydrogens (primary N) is 1. The highest BCUT2D eigenvalue weighted by molar-refractivity contribution is 4.75. The highest BCUT2D eigenvalue weighted by atomic mass is 16.3. The molecular weight excluding hydrogens is 166 g/mol. The molecule has 0 aromatic carbocycles. The molecule has 0 aromatic rings. The van der Waals surface area contributed by atoms with Crippen LogP contribution in [-0.2, 0) is 0 Å². The van der Waals surface area contributed by atoms with Gasteiger partial charge in [-0.25, -0.2) is 0 Å². The van der Waals surface area contributed by atoms with Crippen LogP contribution in [0.15, 0.2) is 0 Å². The first-order valence-electron chi connectivity index (χ1n) is 5.23. The lowest BCUT2D eigenvalue weighted by atomic mass is 9.90. The molecule has 3 nitrogen and oxygen atoms in total. The van der Waals surface area contributed by atoms with Crippen LogP contribution >= 0.6 is 0 Å². The SMILES string of the molecule is CCCCC(CC)C(O)C(O)CN. The van der Waals surface area contributed by atoms with Crippen molar-refractivity contribution in [2.24, 2.45) is 11.7 Å². The Labute approximate surface area is 81.0 Å². The van der Waals surface area contributed by atoms with Gasteiger partial charge in [-0.05, 0) is 12.3 Å². The van der Waals surface area contributed by atoms with Crippen molar-refractivity contribution in [3.8, 4) is 0 Å². The van der Waals surface area contributed by atoms with Gasteiger partial charge >= 0.3 is 0 Å². The van der Waals surface area contributed by atoms with Crippen molar-refractivity contribution in [3.63, 3.8) is 0 Å². The summed E-state index contributed by atoms with van der Waals surface area (Å²) in [6.07, 6.45) is 2.70. The summed E-state index contributed by atoms with van der Waals surface area (Å²) in [5.74, 6) is 0.193. The maximum atomic E-state index is 9.67. The highest BCUT2D eigenvalue weighted by Gasteiger charge is 2.23. The summed E-state index contributed by atoms with van der Waals surface area (Å²) < 4.78 is 0. The molecule has 0 fully saturated rings. The van der Waals surface area contributed by atoms with Crippen LogP contribution in [0.1, 0.15) is 39.5 Å². The Hall–Kier alpha value is -0.120. The van der Waals surface area contributed by atoms with Crippen LogP contribution < -0.4 is 5.73 Å². The smallest absolute Gasteiger partial charge is 0.0923 e. The van der Waals surface area contributed by atoms with E-state index >= 15 is 0 Å². The Bertz CT molecular complexity index is 119. The van der Waals surface area contributed by atoms with Gasteiger partial charge in [0.1, 0.15) is 0 Å². The summed E-state index contributed by atoms with van der Waals surface area (Å²) >= 11 is 0. The van der Waals surface area contributed by atoms with Gasteiger partial charge in [-0.15, -0.1) is 0 Å². The van der Waals surface area contributed by atoms with Crippen molar-refractivity contribution >= 4 is 0 Å². The van der Waals surface area contributed by atoms with Gasteiger partial charge in [-0.3, -0.25) is 0 Å². The highest BCUT2D eigenvalue weighted by Crippen LogP contribution is 2.18. The van der Waals surface area contributed by atoms with Gasteiger partial charge < -0.3 is 15.9 Å². The fourth-order valence-electron chi connectivity index (χ4n) is 1.54. The normalized spacial score (nSPS) is 18.2. The summed E-state index contributed by atoms with van der Waals surface area (Å²) in [6.45, 7) is 4.30. The molecule has 0 spiro atoms. The van der Waals surface area contributed by atoms with E-state index in [1.807, 2.05) is 6.92 Å². The number of rotatable bonds is 7. The third-order valence-corrected chi connectivity index (χ3v) is 2.57. The predicted molar refractivity (Wildman–Crippen MR) is 54.4 cm³/mol. The van der Waals surface area contributed by atoms with Crippen LogP contribution in [0.25, 0.3) is 0 Å². The van der Waals surface area contributed by atoms with Crippen molar-refractivity contribution in [1.82, 2.24) is 0 Å². The van der Waals surface area contributed by atoms with Crippen LogP contribution in [-0.4, -0.2) is 29.0 Å². The maximum absolute atomic E-state index is 9.67. The minimum atomic E-state index is -0.762. The standard InChI is InChI=1S/C10H23NO2/c1-3-5-6-8(4-2)10(13)9(12)7-11/h8-10,12-13H,3-7,11H2,1-2H3. The quantitative estimate of drug-likeness (QED) is 0.557. The number of hydrogen-bond acceptors (Lipinski definition) is 3. The van der Waals surface area contributed by atoms with E-state index in [9.17, 15) is 10.2 Å². The van der Waals surface area contributed by atoms with Gasteiger partial charge in [-0.2, -0.15) is 0 Å². The average molecular weight is 189 g/mol. The molecule has 0 saturated carbocycles. The Morgan fingerprint density at radius 1 is 1.23 bits per heavy atom. The van der Waals surface area contributed by atoms with E-state index in [0.717, 1.165) is 25.7 Å². The molecule has 0 bridgehead atoms. The van der Waals surface area contributed by atoms with Crippen molar-refractivity contribution in [1.29, 1.82) is 0 Å². The molecule has 0 rings (SSSR count). The molecule has 4 N–H and O–H groups in total. The lowest BCUT2D eigenvalue weighted by Gasteiger charge is -2.24. The zero-order chi connectivity index (χ0) is 10.3. The molecule has 0 amide bonds. The second kappa shape index (κ2) is 7.30. The minimum Gasteiger partial charge on any atom is -0.390 e. The van der Waals surface area contributed by atoms with Gasteiger partial charge in [0, 0.05) is 6.54 Å². The average Bonchev–Trinajstić information content (AvgIpc) is 2.17. The molecule has 13 heavy (non-hydrogen) atoms. The van der Waals surface area contributed by atoms with E-state index in [1.165, 1.54) is 0 Å². The molecule has 0 aliphatic carbocycles. The molecule has 3 unspecified atom stereocenters. The monoisotopic (exact) mass is 189 g/mol. The first kappa shape index (κ1) is 12.9. The van der Waals surface area contributed by atoms with E-state index in [2.05, 4.69) is 6.92 Å². The lowest BCUT2D eigenvalue weighted by Crippen LogP contribution is -2.38. The van der Waals surface area contributed by atoms with E-state index in [0.29, 0.717) is 0 Å². The van der Waals surface area contributed by atoms with Crippen LogP contribution in [0.4, 0.5) is 0 Å². The summed E-state index contributed by atoms with van der Waals surface area (Å²) in [6, 6.07) is 0. The van der Waals surface area contributed by atoms with Crippen molar-refractivity contribution in [3.05, 3.63) is 0 Å². The molecule has 3 atom stereocenters. The lowest BCUT2D eigenvalue weighted by molar-refractivity contribution is -0.0160. The molecule has 0 aliphatic rings. The molecule has 0 heterocycles. The maximum Gasteiger partial charge on any atom is 0.0923 e. The van der Waals surface area contributed by atoms with Crippen molar-refractivity contribution < 1.29 is 10.2 Å². The first-order valence-corrected chi connectivity index (χ1v) is 5.23. The largest absolute Gasteiger partial charge is 0.390 e. The van der Waals surface area contributed by atoms with E-state index in [1.54, 1.807) is 0 Å². The Balaban J connectivity index is 3.90. The minimum absolute atomic E-state index is 0.143. The second-order valence-corrected chi connectivity index (χ2v) is 3.60. The molecule has 0 saturated heterocycles. The number of unbranched alkanes of at least 4 members (excludes halogenated alkanes) is 1. The molecule has 0 aromatic heterocycles. The summed E-state index contributed by atoms with van der Waals surface area (Å²) in [5, 5.41) is 19.0. The van der Waals surface area contributed by atoms with Gasteiger partial charge in [0.15, 0.2) is 0 Å². The summed E-state index contributed by atoms with van der Waals surface area (Å²) in [7, 11) is 0. The van der Waals surface area contributed by atoms with Crippen LogP contribution in [0, 0.1) is 5.92 Å². The van der Waals surface area contributed by atoms with Crippen molar-refractivity contribution in [2.45, 2.75) is 51.7 Å². The number of aliphatic hydroxyl groups excluding tert-OH is 2. The number of hydrogen-bond donors (Lipinski definition) is 3. The van der Waals surface area contributed by atoms with Gasteiger partial charge in [0.2, 0.25) is 0 Å². The number of aliphatic hydroxyl groups is 2. The molecule has 80 valence electrons. The Morgan fingerprint density at radius 3 is 2.23 bits per heavy atom. The molecule has 0 radical (unpaired) electrons. The van der Waals surface area contributed by atoms with Crippen molar-refractivity contribution in [2.75, 3.05) is 6.54 Å². The van der Waals surface area contributed by atoms with Crippen LogP contribution in [0.5, 0.6) is 0 Å². The van der Waals surface area contributed by atoms with Crippen LogP contribution in [0.2, 0.25) is 0 Å². The molecule has 3 heteroatoms. The first-order chi connectivity index (χ1) is 6.17. The van der Waals surface area contributed by atoms with Gasteiger partial charge in [-0.1, -0.05) is 33.1 Å². The summed E-state index contributed by atoms with van der Waals surface area (Å²) in [4.78, 5) is 0. The molecular formula is C10H23NO2. The third-order valence-electron chi connectivity index (χ3n) is 2.57. The fraction of sp³-hybridized carbons (Fsp3) is 1.00. The van der Waals surface area contributed by atoms with Crippen LogP contribution in [0.3, 0.4) is 0 Å². The second-order valence-electron chi connectivity index (χ2n) is 3.60. The zero-order valence-electron chi connectivity index (χ0n) is 8.74. The Kier molecular flexibility index (Phi) is 7.23. The molecule has 0 aliphatic heterocycles. The van der Waals surface area contributed by atoms with E-state index in [-0.39, 0.29) is 12.5 Å². The van der Waals surface area contributed by atoms with E-state index in [4.69, 9.17) is 5.73 Å².